The standard InChI is InChI=1S/C21H15NO4S/c23-19-18(13-16-12-15-8-4-5-9-17(15)26-20(16)24)27-21(25)22(19)11-10-14-6-2-1-3-7-14/h1-9,12-13H,10-11H2/b18-13+. The van der Waals surface area contributed by atoms with Gasteiger partial charge < -0.3 is 4.42 Å². The van der Waals surface area contributed by atoms with Gasteiger partial charge in [0.1, 0.15) is 5.58 Å². The van der Waals surface area contributed by atoms with Crippen LogP contribution in [0.5, 0.6) is 0 Å². The second-order valence-electron chi connectivity index (χ2n) is 6.10. The monoisotopic (exact) mass is 377 g/mol. The van der Waals surface area contributed by atoms with E-state index in [-0.39, 0.29) is 21.6 Å². The van der Waals surface area contributed by atoms with Crippen molar-refractivity contribution in [1.29, 1.82) is 0 Å². The van der Waals surface area contributed by atoms with Crippen molar-refractivity contribution in [2.24, 2.45) is 0 Å². The van der Waals surface area contributed by atoms with E-state index in [9.17, 15) is 14.4 Å². The molecule has 0 atom stereocenters. The van der Waals surface area contributed by atoms with E-state index in [1.165, 1.54) is 11.0 Å². The van der Waals surface area contributed by atoms with Crippen molar-refractivity contribution in [2.75, 3.05) is 6.54 Å². The summed E-state index contributed by atoms with van der Waals surface area (Å²) in [5.74, 6) is -0.381. The van der Waals surface area contributed by atoms with E-state index in [4.69, 9.17) is 4.42 Å². The molecule has 0 N–H and O–H groups in total. The Bertz CT molecular complexity index is 1120. The maximum absolute atomic E-state index is 12.6. The summed E-state index contributed by atoms with van der Waals surface area (Å²) >= 11 is 0.844. The fourth-order valence-electron chi connectivity index (χ4n) is 2.90. The number of hydrogen-bond donors (Lipinski definition) is 0. The van der Waals surface area contributed by atoms with Crippen molar-refractivity contribution in [3.8, 4) is 0 Å². The first-order valence-corrected chi connectivity index (χ1v) is 9.26. The fraction of sp³-hybridized carbons (Fsp3) is 0.0952. The van der Waals surface area contributed by atoms with Crippen LogP contribution in [0.1, 0.15) is 11.1 Å². The summed E-state index contributed by atoms with van der Waals surface area (Å²) < 4.78 is 5.28. The second kappa shape index (κ2) is 7.25. The van der Waals surface area contributed by atoms with Crippen LogP contribution in [0.3, 0.4) is 0 Å². The highest BCUT2D eigenvalue weighted by atomic mass is 32.2. The molecule has 1 aliphatic rings. The number of carbonyl (C=O) groups is 2. The molecule has 0 spiro atoms. The highest BCUT2D eigenvalue weighted by molar-refractivity contribution is 8.18. The zero-order valence-electron chi connectivity index (χ0n) is 14.3. The SMILES string of the molecule is O=C1S/C(=C/c2cc3ccccc3oc2=O)C(=O)N1CCc1ccccc1. The Balaban J connectivity index is 1.58. The van der Waals surface area contributed by atoms with E-state index >= 15 is 0 Å². The predicted octanol–water partition coefficient (Wildman–Crippen LogP) is 4.07. The summed E-state index contributed by atoms with van der Waals surface area (Å²) in [4.78, 5) is 38.4. The number of fused-ring (bicyclic) bond motifs is 1. The third-order valence-electron chi connectivity index (χ3n) is 4.30. The lowest BCUT2D eigenvalue weighted by atomic mass is 10.1. The minimum atomic E-state index is -0.537. The lowest BCUT2D eigenvalue weighted by molar-refractivity contribution is -0.122. The van der Waals surface area contributed by atoms with Gasteiger partial charge in [-0.3, -0.25) is 14.5 Å². The Labute approximate surface area is 159 Å². The molecule has 5 nitrogen and oxygen atoms in total. The molecule has 2 heterocycles. The van der Waals surface area contributed by atoms with Gasteiger partial charge >= 0.3 is 5.63 Å². The van der Waals surface area contributed by atoms with Gasteiger partial charge in [-0.1, -0.05) is 48.5 Å². The van der Waals surface area contributed by atoms with E-state index in [0.29, 0.717) is 18.5 Å². The molecule has 0 unspecified atom stereocenters. The number of amides is 2. The molecule has 0 aliphatic carbocycles. The van der Waals surface area contributed by atoms with E-state index in [2.05, 4.69) is 0 Å². The molecule has 3 aromatic rings. The molecule has 1 saturated heterocycles. The molecule has 27 heavy (non-hydrogen) atoms. The summed E-state index contributed by atoms with van der Waals surface area (Å²) in [6.45, 7) is 0.304. The molecule has 6 heteroatoms. The summed E-state index contributed by atoms with van der Waals surface area (Å²) in [5.41, 5.74) is 1.25. The van der Waals surface area contributed by atoms with Gasteiger partial charge in [0.05, 0.1) is 10.5 Å². The normalized spacial score (nSPS) is 15.9. The fourth-order valence-corrected chi connectivity index (χ4v) is 3.75. The molecule has 0 bridgehead atoms. The van der Waals surface area contributed by atoms with Crippen molar-refractivity contribution < 1.29 is 14.0 Å². The Morgan fingerprint density at radius 1 is 0.963 bits per heavy atom. The van der Waals surface area contributed by atoms with Crippen LogP contribution >= 0.6 is 11.8 Å². The zero-order valence-corrected chi connectivity index (χ0v) is 15.1. The van der Waals surface area contributed by atoms with Gasteiger partial charge in [0, 0.05) is 11.9 Å². The highest BCUT2D eigenvalue weighted by Gasteiger charge is 2.34. The van der Waals surface area contributed by atoms with E-state index in [1.54, 1.807) is 18.2 Å². The molecule has 2 aromatic carbocycles. The number of hydrogen-bond acceptors (Lipinski definition) is 5. The predicted molar refractivity (Wildman–Crippen MR) is 105 cm³/mol. The van der Waals surface area contributed by atoms with Gasteiger partial charge in [-0.05, 0) is 42.0 Å². The third kappa shape index (κ3) is 3.57. The molecule has 1 aliphatic heterocycles. The van der Waals surface area contributed by atoms with Crippen LogP contribution in [0.4, 0.5) is 4.79 Å². The average molecular weight is 377 g/mol. The first kappa shape index (κ1) is 17.3. The number of rotatable bonds is 4. The van der Waals surface area contributed by atoms with Gasteiger partial charge in [0.25, 0.3) is 11.1 Å². The van der Waals surface area contributed by atoms with Crippen LogP contribution in [0, 0.1) is 0 Å². The number of nitrogens with zero attached hydrogens (tertiary/aromatic N) is 1. The lowest BCUT2D eigenvalue weighted by Gasteiger charge is -2.12. The van der Waals surface area contributed by atoms with E-state index in [0.717, 1.165) is 22.7 Å². The van der Waals surface area contributed by atoms with Crippen molar-refractivity contribution in [1.82, 2.24) is 4.90 Å². The number of imide groups is 1. The van der Waals surface area contributed by atoms with E-state index < -0.39 is 5.63 Å². The van der Waals surface area contributed by atoms with Gasteiger partial charge in [0.15, 0.2) is 0 Å². The Kier molecular flexibility index (Phi) is 4.64. The molecule has 1 fully saturated rings. The van der Waals surface area contributed by atoms with Crippen LogP contribution in [0.2, 0.25) is 0 Å². The molecule has 4 rings (SSSR count). The first-order chi connectivity index (χ1) is 13.1. The minimum absolute atomic E-state index is 0.232. The van der Waals surface area contributed by atoms with Gasteiger partial charge in [-0.2, -0.15) is 0 Å². The number of benzene rings is 2. The molecule has 0 radical (unpaired) electrons. The van der Waals surface area contributed by atoms with Gasteiger partial charge in [-0.15, -0.1) is 0 Å². The Hall–Kier alpha value is -3.12. The van der Waals surface area contributed by atoms with Crippen molar-refractivity contribution in [2.45, 2.75) is 6.42 Å². The smallest absolute Gasteiger partial charge is 0.343 e. The number of thioether (sulfide) groups is 1. The third-order valence-corrected chi connectivity index (χ3v) is 5.20. The summed E-state index contributed by atoms with van der Waals surface area (Å²) in [5, 5.41) is 0.430. The van der Waals surface area contributed by atoms with Gasteiger partial charge in [0.2, 0.25) is 0 Å². The van der Waals surface area contributed by atoms with Crippen molar-refractivity contribution in [3.63, 3.8) is 0 Å². The quantitative estimate of drug-likeness (QED) is 0.506. The summed E-state index contributed by atoms with van der Waals surface area (Å²) in [6.07, 6.45) is 2.02. The van der Waals surface area contributed by atoms with Crippen molar-refractivity contribution >= 4 is 40.0 Å². The van der Waals surface area contributed by atoms with Crippen LogP contribution in [0.25, 0.3) is 17.0 Å². The second-order valence-corrected chi connectivity index (χ2v) is 7.09. The Morgan fingerprint density at radius 2 is 1.70 bits per heavy atom. The Morgan fingerprint density at radius 3 is 2.52 bits per heavy atom. The minimum Gasteiger partial charge on any atom is -0.422 e. The molecule has 2 amide bonds. The number of para-hydroxylation sites is 1. The summed E-state index contributed by atoms with van der Waals surface area (Å²) in [7, 11) is 0. The summed E-state index contributed by atoms with van der Waals surface area (Å²) in [6, 6.07) is 18.5. The van der Waals surface area contributed by atoms with E-state index in [1.807, 2.05) is 42.5 Å². The van der Waals surface area contributed by atoms with Crippen molar-refractivity contribution in [3.05, 3.63) is 87.1 Å². The van der Waals surface area contributed by atoms with Crippen LogP contribution in [-0.2, 0) is 11.2 Å². The largest absolute Gasteiger partial charge is 0.422 e. The maximum atomic E-state index is 12.6. The topological polar surface area (TPSA) is 67.6 Å². The van der Waals surface area contributed by atoms with Crippen LogP contribution in [-0.4, -0.2) is 22.6 Å². The maximum Gasteiger partial charge on any atom is 0.343 e. The van der Waals surface area contributed by atoms with Crippen LogP contribution < -0.4 is 5.63 Å². The molecule has 1 aromatic heterocycles. The zero-order chi connectivity index (χ0) is 18.8. The molecule has 0 saturated carbocycles. The van der Waals surface area contributed by atoms with Crippen LogP contribution in [0.15, 0.2) is 74.8 Å². The van der Waals surface area contributed by atoms with Gasteiger partial charge in [-0.25, -0.2) is 4.79 Å². The number of carbonyl (C=O) groups excluding carboxylic acids is 2. The molecule has 134 valence electrons. The molecular weight excluding hydrogens is 362 g/mol. The highest BCUT2D eigenvalue weighted by Crippen LogP contribution is 2.32. The average Bonchev–Trinajstić information content (AvgIpc) is 2.94. The molecular formula is C21H15NO4S. The lowest BCUT2D eigenvalue weighted by Crippen LogP contribution is -2.30. The first-order valence-electron chi connectivity index (χ1n) is 8.44.